The smallest absolute Gasteiger partial charge is 0.0999 e. The standard InChI is InChI=1S/C12H16N4/c1-3-11-10(8-13)14-15-16(11)12-7-5-4-6-9(12)2/h4-7H,3,8,13H2,1-2H3. The van der Waals surface area contributed by atoms with E-state index in [1.54, 1.807) is 0 Å². The van der Waals surface area contributed by atoms with Crippen LogP contribution in [-0.4, -0.2) is 15.0 Å². The lowest BCUT2D eigenvalue weighted by molar-refractivity contribution is 0.763. The maximum Gasteiger partial charge on any atom is 0.0999 e. The van der Waals surface area contributed by atoms with Gasteiger partial charge in [-0.2, -0.15) is 0 Å². The second-order valence-corrected chi connectivity index (χ2v) is 3.74. The number of para-hydroxylation sites is 1. The van der Waals surface area contributed by atoms with Gasteiger partial charge in [-0.3, -0.25) is 0 Å². The highest BCUT2D eigenvalue weighted by Gasteiger charge is 2.12. The number of aryl methyl sites for hydroxylation is 1. The summed E-state index contributed by atoms with van der Waals surface area (Å²) in [5.41, 5.74) is 9.88. The monoisotopic (exact) mass is 216 g/mol. The molecule has 2 rings (SSSR count). The van der Waals surface area contributed by atoms with Gasteiger partial charge in [0.25, 0.3) is 0 Å². The van der Waals surface area contributed by atoms with Crippen LogP contribution in [0, 0.1) is 6.92 Å². The molecule has 0 unspecified atom stereocenters. The van der Waals surface area contributed by atoms with Crippen LogP contribution in [-0.2, 0) is 13.0 Å². The molecule has 4 nitrogen and oxygen atoms in total. The Hall–Kier alpha value is -1.68. The second kappa shape index (κ2) is 4.45. The molecule has 0 atom stereocenters. The van der Waals surface area contributed by atoms with E-state index in [0.717, 1.165) is 23.5 Å². The number of hydrogen-bond donors (Lipinski definition) is 1. The van der Waals surface area contributed by atoms with E-state index < -0.39 is 0 Å². The van der Waals surface area contributed by atoms with E-state index in [0.29, 0.717) is 6.54 Å². The lowest BCUT2D eigenvalue weighted by Crippen LogP contribution is -2.06. The topological polar surface area (TPSA) is 56.7 Å². The number of hydrogen-bond acceptors (Lipinski definition) is 3. The van der Waals surface area contributed by atoms with E-state index in [4.69, 9.17) is 5.73 Å². The van der Waals surface area contributed by atoms with Gasteiger partial charge in [0.15, 0.2) is 0 Å². The molecular weight excluding hydrogens is 200 g/mol. The van der Waals surface area contributed by atoms with Gasteiger partial charge in [-0.05, 0) is 25.0 Å². The second-order valence-electron chi connectivity index (χ2n) is 3.74. The maximum atomic E-state index is 5.64. The van der Waals surface area contributed by atoms with Crippen LogP contribution in [0.15, 0.2) is 24.3 Å². The van der Waals surface area contributed by atoms with Crippen molar-refractivity contribution in [2.45, 2.75) is 26.8 Å². The molecular formula is C12H16N4. The minimum absolute atomic E-state index is 0.440. The zero-order valence-electron chi connectivity index (χ0n) is 9.64. The highest BCUT2D eigenvalue weighted by atomic mass is 15.4. The van der Waals surface area contributed by atoms with Gasteiger partial charge in [0.1, 0.15) is 0 Å². The van der Waals surface area contributed by atoms with E-state index in [1.807, 2.05) is 22.9 Å². The average Bonchev–Trinajstić information content (AvgIpc) is 2.72. The van der Waals surface area contributed by atoms with Crippen molar-refractivity contribution in [1.82, 2.24) is 15.0 Å². The molecule has 1 aromatic heterocycles. The molecule has 0 radical (unpaired) electrons. The fourth-order valence-electron chi connectivity index (χ4n) is 1.84. The van der Waals surface area contributed by atoms with Gasteiger partial charge in [0, 0.05) is 6.54 Å². The summed E-state index contributed by atoms with van der Waals surface area (Å²) in [6, 6.07) is 8.14. The molecule has 0 saturated carbocycles. The van der Waals surface area contributed by atoms with Crippen molar-refractivity contribution < 1.29 is 0 Å². The highest BCUT2D eigenvalue weighted by Crippen LogP contribution is 2.16. The molecule has 1 aromatic carbocycles. The van der Waals surface area contributed by atoms with Gasteiger partial charge < -0.3 is 5.73 Å². The number of nitrogens with zero attached hydrogens (tertiary/aromatic N) is 3. The third kappa shape index (κ3) is 1.72. The molecule has 0 aliphatic rings. The molecule has 0 bridgehead atoms. The molecule has 16 heavy (non-hydrogen) atoms. The van der Waals surface area contributed by atoms with Crippen LogP contribution in [0.2, 0.25) is 0 Å². The Morgan fingerprint density at radius 2 is 2.06 bits per heavy atom. The van der Waals surface area contributed by atoms with Gasteiger partial charge in [-0.15, -0.1) is 5.10 Å². The quantitative estimate of drug-likeness (QED) is 0.847. The fraction of sp³-hybridized carbons (Fsp3) is 0.333. The van der Waals surface area contributed by atoms with Crippen molar-refractivity contribution in [2.75, 3.05) is 0 Å². The summed E-state index contributed by atoms with van der Waals surface area (Å²) in [7, 11) is 0. The van der Waals surface area contributed by atoms with E-state index in [2.05, 4.69) is 30.2 Å². The Bertz CT molecular complexity index is 488. The van der Waals surface area contributed by atoms with Crippen molar-refractivity contribution in [3.63, 3.8) is 0 Å². The van der Waals surface area contributed by atoms with E-state index in [9.17, 15) is 0 Å². The van der Waals surface area contributed by atoms with Gasteiger partial charge in [-0.1, -0.05) is 30.3 Å². The Morgan fingerprint density at radius 3 is 2.69 bits per heavy atom. The van der Waals surface area contributed by atoms with Crippen LogP contribution in [0.5, 0.6) is 0 Å². The number of aromatic nitrogens is 3. The molecule has 84 valence electrons. The third-order valence-corrected chi connectivity index (χ3v) is 2.72. The molecule has 0 amide bonds. The zero-order chi connectivity index (χ0) is 11.5. The molecule has 2 aromatic rings. The van der Waals surface area contributed by atoms with Crippen LogP contribution in [0.3, 0.4) is 0 Å². The summed E-state index contributed by atoms with van der Waals surface area (Å²) < 4.78 is 1.89. The van der Waals surface area contributed by atoms with Gasteiger partial charge in [0.05, 0.1) is 17.1 Å². The third-order valence-electron chi connectivity index (χ3n) is 2.72. The Balaban J connectivity index is 2.56. The summed E-state index contributed by atoms with van der Waals surface area (Å²) in [4.78, 5) is 0. The Morgan fingerprint density at radius 1 is 1.31 bits per heavy atom. The lowest BCUT2D eigenvalue weighted by atomic mass is 10.2. The number of benzene rings is 1. The predicted molar refractivity (Wildman–Crippen MR) is 63.4 cm³/mol. The lowest BCUT2D eigenvalue weighted by Gasteiger charge is -2.08. The van der Waals surface area contributed by atoms with Crippen molar-refractivity contribution in [3.8, 4) is 5.69 Å². The van der Waals surface area contributed by atoms with Crippen molar-refractivity contribution in [1.29, 1.82) is 0 Å². The largest absolute Gasteiger partial charge is 0.325 e. The van der Waals surface area contributed by atoms with Crippen molar-refractivity contribution in [3.05, 3.63) is 41.2 Å². The minimum Gasteiger partial charge on any atom is -0.325 e. The minimum atomic E-state index is 0.440. The summed E-state index contributed by atoms with van der Waals surface area (Å²) in [5, 5.41) is 8.29. The first-order valence-corrected chi connectivity index (χ1v) is 5.47. The van der Waals surface area contributed by atoms with E-state index in [1.165, 1.54) is 5.56 Å². The average molecular weight is 216 g/mol. The van der Waals surface area contributed by atoms with Crippen LogP contribution < -0.4 is 5.73 Å². The van der Waals surface area contributed by atoms with Crippen LogP contribution >= 0.6 is 0 Å². The van der Waals surface area contributed by atoms with Crippen molar-refractivity contribution in [2.24, 2.45) is 5.73 Å². The van der Waals surface area contributed by atoms with E-state index in [-0.39, 0.29) is 0 Å². The van der Waals surface area contributed by atoms with Gasteiger partial charge in [-0.25, -0.2) is 4.68 Å². The fourth-order valence-corrected chi connectivity index (χ4v) is 1.84. The van der Waals surface area contributed by atoms with Gasteiger partial charge >= 0.3 is 0 Å². The molecule has 0 spiro atoms. The Labute approximate surface area is 95.1 Å². The van der Waals surface area contributed by atoms with Crippen LogP contribution in [0.4, 0.5) is 0 Å². The Kier molecular flexibility index (Phi) is 3.01. The summed E-state index contributed by atoms with van der Waals surface area (Å²) >= 11 is 0. The van der Waals surface area contributed by atoms with Crippen molar-refractivity contribution >= 4 is 0 Å². The molecule has 0 saturated heterocycles. The molecule has 0 aliphatic heterocycles. The van der Waals surface area contributed by atoms with E-state index >= 15 is 0 Å². The molecule has 4 heteroatoms. The number of rotatable bonds is 3. The van der Waals surface area contributed by atoms with Crippen LogP contribution in [0.25, 0.3) is 5.69 Å². The molecule has 0 aliphatic carbocycles. The summed E-state index contributed by atoms with van der Waals surface area (Å²) in [6.07, 6.45) is 0.883. The first-order chi connectivity index (χ1) is 7.77. The predicted octanol–water partition coefficient (Wildman–Crippen LogP) is 1.60. The van der Waals surface area contributed by atoms with Gasteiger partial charge in [0.2, 0.25) is 0 Å². The molecule has 2 N–H and O–H groups in total. The summed E-state index contributed by atoms with van der Waals surface area (Å²) in [5.74, 6) is 0. The van der Waals surface area contributed by atoms with Crippen LogP contribution in [0.1, 0.15) is 23.9 Å². The summed E-state index contributed by atoms with van der Waals surface area (Å²) in [6.45, 7) is 4.60. The maximum absolute atomic E-state index is 5.64. The molecule has 1 heterocycles. The SMILES string of the molecule is CCc1c(CN)nnn1-c1ccccc1C. The normalized spacial score (nSPS) is 10.7. The molecule has 0 fully saturated rings. The number of nitrogens with two attached hydrogens (primary N) is 1. The first-order valence-electron chi connectivity index (χ1n) is 5.47. The first kappa shape index (κ1) is 10.8. The zero-order valence-corrected chi connectivity index (χ0v) is 9.64. The highest BCUT2D eigenvalue weighted by molar-refractivity contribution is 5.40.